The molecule has 0 bridgehead atoms. The molecule has 1 aromatic carbocycles. The minimum atomic E-state index is -3.63. The lowest BCUT2D eigenvalue weighted by atomic mass is 10.1. The molecule has 7 heteroatoms. The summed E-state index contributed by atoms with van der Waals surface area (Å²) in [6.07, 6.45) is 1.25. The lowest BCUT2D eigenvalue weighted by molar-refractivity contribution is 0.0696. The van der Waals surface area contributed by atoms with E-state index < -0.39 is 16.0 Å². The van der Waals surface area contributed by atoms with E-state index in [1.807, 2.05) is 0 Å². The molecule has 1 fully saturated rings. The Balaban J connectivity index is 2.29. The minimum absolute atomic E-state index is 0.0165. The van der Waals surface area contributed by atoms with Gasteiger partial charge in [0.25, 0.3) is 0 Å². The molecule has 1 aliphatic heterocycles. The van der Waals surface area contributed by atoms with Gasteiger partial charge in [-0.25, -0.2) is 13.2 Å². The van der Waals surface area contributed by atoms with Gasteiger partial charge in [0.2, 0.25) is 10.0 Å². The minimum Gasteiger partial charge on any atom is -0.478 e. The molecule has 0 radical (unpaired) electrons. The number of carboxylic acids is 1. The molecule has 2 rings (SSSR count). The quantitative estimate of drug-likeness (QED) is 0.841. The van der Waals surface area contributed by atoms with Crippen LogP contribution in [0.25, 0.3) is 0 Å². The Kier molecular flexibility index (Phi) is 3.88. The number of hydrogen-bond donors (Lipinski definition) is 2. The molecule has 0 atom stereocenters. The molecule has 1 aromatic rings. The van der Waals surface area contributed by atoms with Crippen LogP contribution in [-0.2, 0) is 10.0 Å². The molecular formula is C12H16N2O4S. The summed E-state index contributed by atoms with van der Waals surface area (Å²) in [5, 5.41) is 8.90. The molecule has 0 saturated carbocycles. The maximum atomic E-state index is 12.4. The van der Waals surface area contributed by atoms with Crippen LogP contribution in [0, 0.1) is 0 Å². The van der Waals surface area contributed by atoms with Crippen LogP contribution in [0.5, 0.6) is 0 Å². The number of rotatable bonds is 3. The van der Waals surface area contributed by atoms with Crippen LogP contribution in [0.1, 0.15) is 23.2 Å². The summed E-state index contributed by atoms with van der Waals surface area (Å²) >= 11 is 0. The van der Waals surface area contributed by atoms with Gasteiger partial charge in [-0.15, -0.1) is 0 Å². The van der Waals surface area contributed by atoms with E-state index in [1.54, 1.807) is 0 Å². The van der Waals surface area contributed by atoms with Crippen LogP contribution in [0.2, 0.25) is 0 Å². The van der Waals surface area contributed by atoms with Crippen LogP contribution in [0.3, 0.4) is 0 Å². The number of piperidine rings is 1. The van der Waals surface area contributed by atoms with E-state index in [-0.39, 0.29) is 16.5 Å². The number of carbonyl (C=O) groups is 1. The van der Waals surface area contributed by atoms with Crippen LogP contribution < -0.4 is 5.73 Å². The van der Waals surface area contributed by atoms with Crippen molar-refractivity contribution in [3.8, 4) is 0 Å². The summed E-state index contributed by atoms with van der Waals surface area (Å²) in [7, 11) is -3.63. The average Bonchev–Trinajstić information content (AvgIpc) is 2.39. The average molecular weight is 284 g/mol. The molecule has 19 heavy (non-hydrogen) atoms. The summed E-state index contributed by atoms with van der Waals surface area (Å²) < 4.78 is 26.1. The van der Waals surface area contributed by atoms with Crippen molar-refractivity contribution >= 4 is 16.0 Å². The Hall–Kier alpha value is -1.44. The van der Waals surface area contributed by atoms with Crippen molar-refractivity contribution in [1.82, 2.24) is 4.31 Å². The number of sulfonamides is 1. The number of benzene rings is 1. The Bertz CT molecular complexity index is 577. The first-order chi connectivity index (χ1) is 8.91. The fourth-order valence-corrected chi connectivity index (χ4v) is 3.57. The smallest absolute Gasteiger partial charge is 0.335 e. The second-order valence-corrected chi connectivity index (χ2v) is 6.51. The summed E-state index contributed by atoms with van der Waals surface area (Å²) in [6, 6.07) is 5.44. The van der Waals surface area contributed by atoms with Gasteiger partial charge in [0, 0.05) is 19.1 Å². The fourth-order valence-electron chi connectivity index (χ4n) is 2.05. The predicted octanol–water partition coefficient (Wildman–Crippen LogP) is 0.497. The summed E-state index contributed by atoms with van der Waals surface area (Å²) in [6.45, 7) is 0.752. The van der Waals surface area contributed by atoms with Gasteiger partial charge in [-0.3, -0.25) is 0 Å². The predicted molar refractivity (Wildman–Crippen MR) is 69.4 cm³/mol. The second-order valence-electron chi connectivity index (χ2n) is 4.57. The summed E-state index contributed by atoms with van der Waals surface area (Å²) in [4.78, 5) is 10.9. The van der Waals surface area contributed by atoms with Crippen molar-refractivity contribution in [3.63, 3.8) is 0 Å². The molecule has 1 heterocycles. The number of carboxylic acid groups (broad SMARTS) is 1. The first kappa shape index (κ1) is 14.0. The summed E-state index contributed by atoms with van der Waals surface area (Å²) in [5.74, 6) is -1.14. The van der Waals surface area contributed by atoms with Gasteiger partial charge in [0.1, 0.15) is 0 Å². The molecule has 1 aliphatic rings. The first-order valence-electron chi connectivity index (χ1n) is 6.00. The molecule has 0 unspecified atom stereocenters. The SMILES string of the molecule is NC1CCN(S(=O)(=O)c2cccc(C(=O)O)c2)CC1. The van der Waals surface area contributed by atoms with E-state index in [1.165, 1.54) is 28.6 Å². The highest BCUT2D eigenvalue weighted by Gasteiger charge is 2.28. The van der Waals surface area contributed by atoms with Crippen molar-refractivity contribution in [2.45, 2.75) is 23.8 Å². The van der Waals surface area contributed by atoms with Crippen molar-refractivity contribution in [1.29, 1.82) is 0 Å². The molecule has 0 spiro atoms. The highest BCUT2D eigenvalue weighted by molar-refractivity contribution is 7.89. The molecule has 104 valence electrons. The maximum absolute atomic E-state index is 12.4. The van der Waals surface area contributed by atoms with Crippen molar-refractivity contribution in [2.75, 3.05) is 13.1 Å². The van der Waals surface area contributed by atoms with E-state index in [4.69, 9.17) is 10.8 Å². The van der Waals surface area contributed by atoms with E-state index in [0.29, 0.717) is 25.9 Å². The number of nitrogens with two attached hydrogens (primary N) is 1. The zero-order chi connectivity index (χ0) is 14.0. The number of aromatic carboxylic acids is 1. The molecule has 0 aromatic heterocycles. The zero-order valence-electron chi connectivity index (χ0n) is 10.3. The van der Waals surface area contributed by atoms with Gasteiger partial charge < -0.3 is 10.8 Å². The lowest BCUT2D eigenvalue weighted by Gasteiger charge is -2.29. The van der Waals surface area contributed by atoms with E-state index in [0.717, 1.165) is 0 Å². The topological polar surface area (TPSA) is 101 Å². The van der Waals surface area contributed by atoms with Crippen LogP contribution in [-0.4, -0.2) is 42.9 Å². The Labute approximate surface area is 111 Å². The molecular weight excluding hydrogens is 268 g/mol. The van der Waals surface area contributed by atoms with Crippen molar-refractivity contribution < 1.29 is 18.3 Å². The third-order valence-corrected chi connectivity index (χ3v) is 5.11. The Morgan fingerprint density at radius 1 is 1.32 bits per heavy atom. The standard InChI is InChI=1S/C12H16N2O4S/c13-10-4-6-14(7-5-10)19(17,18)11-3-1-2-9(8-11)12(15)16/h1-3,8,10H,4-7,13H2,(H,15,16). The van der Waals surface area contributed by atoms with Gasteiger partial charge in [-0.1, -0.05) is 6.07 Å². The van der Waals surface area contributed by atoms with E-state index >= 15 is 0 Å². The molecule has 0 aliphatic carbocycles. The van der Waals surface area contributed by atoms with Crippen molar-refractivity contribution in [3.05, 3.63) is 29.8 Å². The number of nitrogens with zero attached hydrogens (tertiary/aromatic N) is 1. The molecule has 6 nitrogen and oxygen atoms in total. The summed E-state index contributed by atoms with van der Waals surface area (Å²) in [5.41, 5.74) is 5.71. The highest BCUT2D eigenvalue weighted by atomic mass is 32.2. The van der Waals surface area contributed by atoms with Gasteiger partial charge in [-0.2, -0.15) is 4.31 Å². The lowest BCUT2D eigenvalue weighted by Crippen LogP contribution is -2.42. The first-order valence-corrected chi connectivity index (χ1v) is 7.44. The largest absolute Gasteiger partial charge is 0.478 e. The maximum Gasteiger partial charge on any atom is 0.335 e. The zero-order valence-corrected chi connectivity index (χ0v) is 11.1. The van der Waals surface area contributed by atoms with Crippen LogP contribution >= 0.6 is 0 Å². The van der Waals surface area contributed by atoms with Crippen LogP contribution in [0.15, 0.2) is 29.2 Å². The van der Waals surface area contributed by atoms with Gasteiger partial charge in [-0.05, 0) is 31.0 Å². The van der Waals surface area contributed by atoms with Gasteiger partial charge >= 0.3 is 5.97 Å². The molecule has 0 amide bonds. The highest BCUT2D eigenvalue weighted by Crippen LogP contribution is 2.21. The van der Waals surface area contributed by atoms with Crippen molar-refractivity contribution in [2.24, 2.45) is 5.73 Å². The molecule has 3 N–H and O–H groups in total. The third-order valence-electron chi connectivity index (χ3n) is 3.22. The van der Waals surface area contributed by atoms with Crippen LogP contribution in [0.4, 0.5) is 0 Å². The van der Waals surface area contributed by atoms with E-state index in [2.05, 4.69) is 0 Å². The Morgan fingerprint density at radius 2 is 1.95 bits per heavy atom. The Morgan fingerprint density at radius 3 is 2.53 bits per heavy atom. The van der Waals surface area contributed by atoms with E-state index in [9.17, 15) is 13.2 Å². The monoisotopic (exact) mass is 284 g/mol. The third kappa shape index (κ3) is 2.94. The number of hydrogen-bond acceptors (Lipinski definition) is 4. The second kappa shape index (κ2) is 5.28. The molecule has 1 saturated heterocycles. The van der Waals surface area contributed by atoms with Gasteiger partial charge in [0.05, 0.1) is 10.5 Å². The normalized spacial score (nSPS) is 18.4. The van der Waals surface area contributed by atoms with Gasteiger partial charge in [0.15, 0.2) is 0 Å². The fraction of sp³-hybridized carbons (Fsp3) is 0.417.